The number of nitrogens with one attached hydrogen (secondary N) is 2. The van der Waals surface area contributed by atoms with Gasteiger partial charge in [0.25, 0.3) is 5.91 Å². The number of amides is 1. The monoisotopic (exact) mass is 362 g/mol. The van der Waals surface area contributed by atoms with Gasteiger partial charge in [0.2, 0.25) is 0 Å². The molecule has 2 rings (SSSR count). The molecule has 116 valence electrons. The maximum absolute atomic E-state index is 12.3. The van der Waals surface area contributed by atoms with E-state index in [0.29, 0.717) is 17.6 Å². The summed E-state index contributed by atoms with van der Waals surface area (Å²) >= 11 is 3.40. The standard InChI is InChI=1S/C16H19BrN4O/c1-4-11(3)20-15-8-14(18-9-19-15)16(22)21-13-6-5-12(17)7-10(13)2/h5-9,11H,4H2,1-3H3,(H,21,22)(H,18,19,20). The fraction of sp³-hybridized carbons (Fsp3) is 0.312. The lowest BCUT2D eigenvalue weighted by molar-refractivity contribution is 0.102. The van der Waals surface area contributed by atoms with Crippen molar-refractivity contribution in [2.45, 2.75) is 33.2 Å². The fourth-order valence-electron chi connectivity index (χ4n) is 1.87. The summed E-state index contributed by atoms with van der Waals surface area (Å²) in [5.74, 6) is 0.405. The van der Waals surface area contributed by atoms with E-state index in [9.17, 15) is 4.79 Å². The third kappa shape index (κ3) is 4.27. The molecule has 0 bridgehead atoms. The molecule has 22 heavy (non-hydrogen) atoms. The smallest absolute Gasteiger partial charge is 0.274 e. The summed E-state index contributed by atoms with van der Waals surface area (Å²) in [6.07, 6.45) is 2.37. The van der Waals surface area contributed by atoms with Gasteiger partial charge in [-0.1, -0.05) is 22.9 Å². The topological polar surface area (TPSA) is 66.9 Å². The van der Waals surface area contributed by atoms with Gasteiger partial charge in [-0.15, -0.1) is 0 Å². The lowest BCUT2D eigenvalue weighted by atomic mass is 10.2. The predicted octanol–water partition coefficient (Wildman–Crippen LogP) is 4.01. The van der Waals surface area contributed by atoms with Crippen LogP contribution in [0, 0.1) is 6.92 Å². The molecule has 0 saturated carbocycles. The number of carbonyl (C=O) groups excluding carboxylic acids is 1. The van der Waals surface area contributed by atoms with Crippen LogP contribution in [0.4, 0.5) is 11.5 Å². The third-order valence-corrected chi connectivity index (χ3v) is 3.84. The van der Waals surface area contributed by atoms with Crippen molar-refractivity contribution in [3.8, 4) is 0 Å². The number of hydrogen-bond donors (Lipinski definition) is 2. The molecular formula is C16H19BrN4O. The molecule has 0 aliphatic heterocycles. The largest absolute Gasteiger partial charge is 0.368 e. The molecular weight excluding hydrogens is 344 g/mol. The summed E-state index contributed by atoms with van der Waals surface area (Å²) in [4.78, 5) is 20.5. The van der Waals surface area contributed by atoms with Crippen LogP contribution in [0.1, 0.15) is 36.3 Å². The van der Waals surface area contributed by atoms with Crippen LogP contribution in [-0.4, -0.2) is 21.9 Å². The summed E-state index contributed by atoms with van der Waals surface area (Å²) in [6.45, 7) is 6.09. The van der Waals surface area contributed by atoms with Crippen molar-refractivity contribution in [1.29, 1.82) is 0 Å². The van der Waals surface area contributed by atoms with Gasteiger partial charge in [-0.3, -0.25) is 4.79 Å². The zero-order valence-corrected chi connectivity index (χ0v) is 14.4. The average Bonchev–Trinajstić information content (AvgIpc) is 2.50. The first-order chi connectivity index (χ1) is 10.5. The molecule has 1 unspecified atom stereocenters. The Labute approximate surface area is 138 Å². The zero-order chi connectivity index (χ0) is 16.1. The van der Waals surface area contributed by atoms with E-state index in [-0.39, 0.29) is 5.91 Å². The molecule has 1 atom stereocenters. The Morgan fingerprint density at radius 3 is 2.77 bits per heavy atom. The van der Waals surface area contributed by atoms with Crippen LogP contribution >= 0.6 is 15.9 Å². The van der Waals surface area contributed by atoms with Crippen LogP contribution in [0.3, 0.4) is 0 Å². The van der Waals surface area contributed by atoms with Crippen LogP contribution in [0.2, 0.25) is 0 Å². The van der Waals surface area contributed by atoms with Gasteiger partial charge >= 0.3 is 0 Å². The van der Waals surface area contributed by atoms with Gasteiger partial charge in [0, 0.05) is 22.3 Å². The summed E-state index contributed by atoms with van der Waals surface area (Å²) in [5, 5.41) is 6.10. The van der Waals surface area contributed by atoms with Crippen molar-refractivity contribution in [1.82, 2.24) is 9.97 Å². The van der Waals surface area contributed by atoms with Crippen LogP contribution in [0.15, 0.2) is 35.1 Å². The minimum atomic E-state index is -0.250. The highest BCUT2D eigenvalue weighted by Crippen LogP contribution is 2.20. The Hall–Kier alpha value is -1.95. The second-order valence-electron chi connectivity index (χ2n) is 5.16. The second-order valence-corrected chi connectivity index (χ2v) is 6.07. The number of rotatable bonds is 5. The minimum Gasteiger partial charge on any atom is -0.368 e. The van der Waals surface area contributed by atoms with Gasteiger partial charge in [-0.05, 0) is 44.0 Å². The molecule has 0 spiro atoms. The van der Waals surface area contributed by atoms with Crippen molar-refractivity contribution in [3.05, 3.63) is 46.3 Å². The molecule has 0 aliphatic rings. The minimum absolute atomic E-state index is 0.250. The van der Waals surface area contributed by atoms with Crippen molar-refractivity contribution in [2.75, 3.05) is 10.6 Å². The fourth-order valence-corrected chi connectivity index (χ4v) is 2.34. The van der Waals surface area contributed by atoms with Gasteiger partial charge in [0.05, 0.1) is 0 Å². The Balaban J connectivity index is 2.14. The number of carbonyl (C=O) groups is 1. The molecule has 1 aromatic heterocycles. The third-order valence-electron chi connectivity index (χ3n) is 3.34. The first kappa shape index (κ1) is 16.4. The Morgan fingerprint density at radius 2 is 2.09 bits per heavy atom. The van der Waals surface area contributed by atoms with Gasteiger partial charge in [0.1, 0.15) is 17.8 Å². The van der Waals surface area contributed by atoms with Crippen molar-refractivity contribution < 1.29 is 4.79 Å². The van der Waals surface area contributed by atoms with Crippen LogP contribution in [0.5, 0.6) is 0 Å². The zero-order valence-electron chi connectivity index (χ0n) is 12.9. The average molecular weight is 363 g/mol. The molecule has 2 N–H and O–H groups in total. The Bertz CT molecular complexity index is 675. The van der Waals surface area contributed by atoms with E-state index in [1.807, 2.05) is 25.1 Å². The maximum Gasteiger partial charge on any atom is 0.274 e. The van der Waals surface area contributed by atoms with Crippen molar-refractivity contribution >= 4 is 33.3 Å². The summed E-state index contributed by atoms with van der Waals surface area (Å²) < 4.78 is 0.977. The summed E-state index contributed by atoms with van der Waals surface area (Å²) in [6, 6.07) is 7.65. The first-order valence-electron chi connectivity index (χ1n) is 7.15. The van der Waals surface area contributed by atoms with E-state index < -0.39 is 0 Å². The van der Waals surface area contributed by atoms with E-state index >= 15 is 0 Å². The highest BCUT2D eigenvalue weighted by molar-refractivity contribution is 9.10. The normalized spacial score (nSPS) is 11.8. The lowest BCUT2D eigenvalue weighted by Gasteiger charge is -2.12. The number of nitrogens with zero attached hydrogens (tertiary/aromatic N) is 2. The highest BCUT2D eigenvalue weighted by atomic mass is 79.9. The van der Waals surface area contributed by atoms with Crippen LogP contribution < -0.4 is 10.6 Å². The van der Waals surface area contributed by atoms with Crippen LogP contribution in [0.25, 0.3) is 0 Å². The number of benzene rings is 1. The van der Waals surface area contributed by atoms with E-state index in [2.05, 4.69) is 50.4 Å². The van der Waals surface area contributed by atoms with Crippen LogP contribution in [-0.2, 0) is 0 Å². The molecule has 1 heterocycles. The molecule has 5 nitrogen and oxygen atoms in total. The quantitative estimate of drug-likeness (QED) is 0.842. The van der Waals surface area contributed by atoms with Gasteiger partial charge in [-0.25, -0.2) is 9.97 Å². The highest BCUT2D eigenvalue weighted by Gasteiger charge is 2.11. The van der Waals surface area contributed by atoms with E-state index in [1.165, 1.54) is 6.33 Å². The number of aryl methyl sites for hydroxylation is 1. The SMILES string of the molecule is CCC(C)Nc1cc(C(=O)Nc2ccc(Br)cc2C)ncn1. The first-order valence-corrected chi connectivity index (χ1v) is 7.95. The van der Waals surface area contributed by atoms with Gasteiger partial charge in [-0.2, -0.15) is 0 Å². The van der Waals surface area contributed by atoms with Gasteiger partial charge < -0.3 is 10.6 Å². The molecule has 6 heteroatoms. The molecule has 1 amide bonds. The van der Waals surface area contributed by atoms with E-state index in [1.54, 1.807) is 6.07 Å². The number of aromatic nitrogens is 2. The number of hydrogen-bond acceptors (Lipinski definition) is 4. The van der Waals surface area contributed by atoms with E-state index in [0.717, 1.165) is 22.1 Å². The molecule has 0 aliphatic carbocycles. The molecule has 0 saturated heterocycles. The van der Waals surface area contributed by atoms with Crippen molar-refractivity contribution in [2.24, 2.45) is 0 Å². The molecule has 1 aromatic carbocycles. The Kier molecular flexibility index (Phi) is 5.49. The van der Waals surface area contributed by atoms with E-state index in [4.69, 9.17) is 0 Å². The number of halogens is 1. The lowest BCUT2D eigenvalue weighted by Crippen LogP contribution is -2.18. The predicted molar refractivity (Wildman–Crippen MR) is 92.2 cm³/mol. The molecule has 2 aromatic rings. The second kappa shape index (κ2) is 7.35. The molecule has 0 radical (unpaired) electrons. The number of anilines is 2. The maximum atomic E-state index is 12.3. The summed E-state index contributed by atoms with van der Waals surface area (Å²) in [5.41, 5.74) is 2.08. The summed E-state index contributed by atoms with van der Waals surface area (Å²) in [7, 11) is 0. The molecule has 0 fully saturated rings. The van der Waals surface area contributed by atoms with Gasteiger partial charge in [0.15, 0.2) is 0 Å². The van der Waals surface area contributed by atoms with Crippen molar-refractivity contribution in [3.63, 3.8) is 0 Å². The Morgan fingerprint density at radius 1 is 1.32 bits per heavy atom.